The van der Waals surface area contributed by atoms with Crippen LogP contribution < -0.4 is 5.32 Å². The fourth-order valence-corrected chi connectivity index (χ4v) is 5.53. The number of carbonyl (C=O) groups excluding carboxylic acids is 1. The summed E-state index contributed by atoms with van der Waals surface area (Å²) in [7, 11) is -3.59. The topological polar surface area (TPSA) is 66.5 Å². The number of carbonyl (C=O) groups is 1. The van der Waals surface area contributed by atoms with Crippen molar-refractivity contribution >= 4 is 49.1 Å². The van der Waals surface area contributed by atoms with Crippen molar-refractivity contribution in [3.8, 4) is 0 Å². The third-order valence-corrected chi connectivity index (χ3v) is 7.96. The Morgan fingerprint density at radius 2 is 1.77 bits per heavy atom. The molecule has 1 heterocycles. The average Bonchev–Trinajstić information content (AvgIpc) is 2.75. The molecule has 0 fully saturated rings. The van der Waals surface area contributed by atoms with Crippen molar-refractivity contribution in [2.45, 2.75) is 24.8 Å². The first-order chi connectivity index (χ1) is 14.7. The summed E-state index contributed by atoms with van der Waals surface area (Å²) >= 11 is 9.50. The van der Waals surface area contributed by atoms with Crippen molar-refractivity contribution < 1.29 is 13.2 Å². The summed E-state index contributed by atoms with van der Waals surface area (Å²) in [4.78, 5) is 13.0. The Bertz CT molecular complexity index is 1260. The van der Waals surface area contributed by atoms with Crippen LogP contribution in [0, 0.1) is 6.92 Å². The standard InChI is InChI=1S/C23H20BrClN2O3S/c1-15-2-7-20(8-3-15)31(29,30)27-11-10-16-4-6-19(12-17(16)14-27)26-23(28)21-13-18(24)5-9-22(21)25/h2-9,12-13H,10-11,14H2,1H3,(H,26,28). The Morgan fingerprint density at radius 1 is 1.03 bits per heavy atom. The van der Waals surface area contributed by atoms with Gasteiger partial charge in [-0.1, -0.05) is 51.3 Å². The summed E-state index contributed by atoms with van der Waals surface area (Å²) in [6.07, 6.45) is 0.617. The van der Waals surface area contributed by atoms with Gasteiger partial charge in [-0.25, -0.2) is 8.42 Å². The minimum atomic E-state index is -3.59. The van der Waals surface area contributed by atoms with Crippen LogP contribution in [0.15, 0.2) is 70.0 Å². The molecule has 0 bridgehead atoms. The van der Waals surface area contributed by atoms with E-state index in [1.807, 2.05) is 25.1 Å². The molecule has 0 saturated carbocycles. The molecule has 0 atom stereocenters. The molecule has 1 amide bonds. The van der Waals surface area contributed by atoms with Gasteiger partial charge in [-0.05, 0) is 66.9 Å². The number of hydrogen-bond donors (Lipinski definition) is 1. The van der Waals surface area contributed by atoms with E-state index in [-0.39, 0.29) is 17.3 Å². The molecule has 1 aliphatic heterocycles. The van der Waals surface area contributed by atoms with Crippen LogP contribution in [0.1, 0.15) is 27.0 Å². The molecule has 0 aliphatic carbocycles. The maximum absolute atomic E-state index is 13.1. The van der Waals surface area contributed by atoms with Crippen molar-refractivity contribution in [2.75, 3.05) is 11.9 Å². The zero-order chi connectivity index (χ0) is 22.2. The molecule has 0 saturated heterocycles. The van der Waals surface area contributed by atoms with Crippen LogP contribution in [0.5, 0.6) is 0 Å². The van der Waals surface area contributed by atoms with Crippen molar-refractivity contribution in [3.63, 3.8) is 0 Å². The molecule has 0 radical (unpaired) electrons. The first kappa shape index (κ1) is 22.0. The molecule has 4 rings (SSSR count). The number of sulfonamides is 1. The number of nitrogens with zero attached hydrogens (tertiary/aromatic N) is 1. The number of nitrogens with one attached hydrogen (secondary N) is 1. The third kappa shape index (κ3) is 4.70. The highest BCUT2D eigenvalue weighted by Gasteiger charge is 2.28. The molecule has 31 heavy (non-hydrogen) atoms. The van der Waals surface area contributed by atoms with Crippen LogP contribution in [0.4, 0.5) is 5.69 Å². The molecule has 3 aromatic carbocycles. The summed E-state index contributed by atoms with van der Waals surface area (Å²) in [5.41, 5.74) is 3.91. The molecule has 3 aromatic rings. The van der Waals surface area contributed by atoms with E-state index < -0.39 is 10.0 Å². The second-order valence-corrected chi connectivity index (χ2v) is 10.7. The van der Waals surface area contributed by atoms with Crippen molar-refractivity contribution in [2.24, 2.45) is 0 Å². The van der Waals surface area contributed by atoms with E-state index in [1.165, 1.54) is 4.31 Å². The molecular formula is C23H20BrClN2O3S. The fourth-order valence-electron chi connectivity index (χ4n) is 3.54. The van der Waals surface area contributed by atoms with Crippen LogP contribution >= 0.6 is 27.5 Å². The second-order valence-electron chi connectivity index (χ2n) is 7.46. The highest BCUT2D eigenvalue weighted by atomic mass is 79.9. The normalized spacial score (nSPS) is 14.2. The summed E-state index contributed by atoms with van der Waals surface area (Å²) in [5, 5.41) is 3.21. The maximum Gasteiger partial charge on any atom is 0.257 e. The van der Waals surface area contributed by atoms with Gasteiger partial charge in [0.2, 0.25) is 10.0 Å². The Labute approximate surface area is 195 Å². The van der Waals surface area contributed by atoms with E-state index in [0.717, 1.165) is 21.2 Å². The zero-order valence-corrected chi connectivity index (χ0v) is 19.9. The smallest absolute Gasteiger partial charge is 0.257 e. The number of benzene rings is 3. The summed E-state index contributed by atoms with van der Waals surface area (Å²) in [6, 6.07) is 17.5. The van der Waals surface area contributed by atoms with Crippen LogP contribution in [-0.4, -0.2) is 25.2 Å². The van der Waals surface area contributed by atoms with E-state index >= 15 is 0 Å². The molecule has 1 N–H and O–H groups in total. The molecule has 160 valence electrons. The van der Waals surface area contributed by atoms with E-state index in [0.29, 0.717) is 29.2 Å². The van der Waals surface area contributed by atoms with E-state index in [9.17, 15) is 13.2 Å². The lowest BCUT2D eigenvalue weighted by molar-refractivity contribution is 0.102. The lowest BCUT2D eigenvalue weighted by atomic mass is 10.0. The Morgan fingerprint density at radius 3 is 2.52 bits per heavy atom. The number of rotatable bonds is 4. The Balaban J connectivity index is 1.56. The van der Waals surface area contributed by atoms with Gasteiger partial charge in [-0.15, -0.1) is 0 Å². The van der Waals surface area contributed by atoms with Gasteiger partial charge >= 0.3 is 0 Å². The largest absolute Gasteiger partial charge is 0.322 e. The molecule has 0 aromatic heterocycles. The summed E-state index contributed by atoms with van der Waals surface area (Å²) < 4.78 is 28.4. The van der Waals surface area contributed by atoms with Crippen molar-refractivity contribution in [3.05, 3.63) is 92.4 Å². The summed E-state index contributed by atoms with van der Waals surface area (Å²) in [5.74, 6) is -0.328. The number of aryl methyl sites for hydroxylation is 1. The van der Waals surface area contributed by atoms with Gasteiger partial charge < -0.3 is 5.32 Å². The molecule has 8 heteroatoms. The Hall–Kier alpha value is -2.19. The predicted molar refractivity (Wildman–Crippen MR) is 126 cm³/mol. The summed E-state index contributed by atoms with van der Waals surface area (Å²) in [6.45, 7) is 2.60. The van der Waals surface area contributed by atoms with Crippen LogP contribution in [0.3, 0.4) is 0 Å². The first-order valence-electron chi connectivity index (χ1n) is 9.69. The van der Waals surface area contributed by atoms with Crippen LogP contribution in [-0.2, 0) is 23.0 Å². The SMILES string of the molecule is Cc1ccc(S(=O)(=O)N2CCc3ccc(NC(=O)c4cc(Br)ccc4Cl)cc3C2)cc1. The van der Waals surface area contributed by atoms with Gasteiger partial charge in [0.1, 0.15) is 0 Å². The predicted octanol–water partition coefficient (Wildman–Crippen LogP) is 5.41. The number of halogens is 2. The number of amides is 1. The maximum atomic E-state index is 13.1. The zero-order valence-electron chi connectivity index (χ0n) is 16.7. The van der Waals surface area contributed by atoms with E-state index in [2.05, 4.69) is 21.2 Å². The fraction of sp³-hybridized carbons (Fsp3) is 0.174. The van der Waals surface area contributed by atoms with E-state index in [4.69, 9.17) is 11.6 Å². The molecule has 1 aliphatic rings. The molecule has 5 nitrogen and oxygen atoms in total. The lowest BCUT2D eigenvalue weighted by Crippen LogP contribution is -2.36. The minimum absolute atomic E-state index is 0.257. The molecule has 0 unspecified atom stereocenters. The van der Waals surface area contributed by atoms with Crippen molar-refractivity contribution in [1.29, 1.82) is 0 Å². The number of fused-ring (bicyclic) bond motifs is 1. The molecular weight excluding hydrogens is 500 g/mol. The Kier molecular flexibility index (Phi) is 6.21. The van der Waals surface area contributed by atoms with Gasteiger partial charge in [0.25, 0.3) is 5.91 Å². The van der Waals surface area contributed by atoms with Gasteiger partial charge in [-0.2, -0.15) is 4.31 Å². The lowest BCUT2D eigenvalue weighted by Gasteiger charge is -2.28. The first-order valence-corrected chi connectivity index (χ1v) is 12.3. The van der Waals surface area contributed by atoms with Crippen molar-refractivity contribution in [1.82, 2.24) is 4.31 Å². The average molecular weight is 520 g/mol. The van der Waals surface area contributed by atoms with Crippen LogP contribution in [0.2, 0.25) is 5.02 Å². The number of anilines is 1. The quantitative estimate of drug-likeness (QED) is 0.501. The number of hydrogen-bond acceptors (Lipinski definition) is 3. The highest BCUT2D eigenvalue weighted by Crippen LogP contribution is 2.28. The van der Waals surface area contributed by atoms with E-state index in [1.54, 1.807) is 42.5 Å². The van der Waals surface area contributed by atoms with Gasteiger partial charge in [0.15, 0.2) is 0 Å². The third-order valence-electron chi connectivity index (χ3n) is 5.27. The highest BCUT2D eigenvalue weighted by molar-refractivity contribution is 9.10. The van der Waals surface area contributed by atoms with Gasteiger partial charge in [0, 0.05) is 23.2 Å². The van der Waals surface area contributed by atoms with Crippen LogP contribution in [0.25, 0.3) is 0 Å². The van der Waals surface area contributed by atoms with Gasteiger partial charge in [0.05, 0.1) is 15.5 Å². The monoisotopic (exact) mass is 518 g/mol. The minimum Gasteiger partial charge on any atom is -0.322 e. The van der Waals surface area contributed by atoms with Gasteiger partial charge in [-0.3, -0.25) is 4.79 Å². The molecule has 0 spiro atoms. The second kappa shape index (κ2) is 8.74.